The quantitative estimate of drug-likeness (QED) is 0.214. The third-order valence-electron chi connectivity index (χ3n) is 8.91. The molecule has 4 nitrogen and oxygen atoms in total. The monoisotopic (exact) mass is 615 g/mol. The molecule has 0 radical (unpaired) electrons. The number of aromatic amines is 1. The number of H-pyrrole nitrogens is 1. The maximum absolute atomic E-state index is 6.84. The molecule has 9 rings (SSSR count). The fourth-order valence-corrected chi connectivity index (χ4v) is 6.74. The summed E-state index contributed by atoms with van der Waals surface area (Å²) in [6.07, 6.45) is 6.17. The summed E-state index contributed by atoms with van der Waals surface area (Å²) < 4.78 is 6.84. The lowest BCUT2D eigenvalue weighted by Crippen LogP contribution is -1.89. The molecule has 3 aromatic heterocycles. The Morgan fingerprint density at radius 2 is 0.896 bits per heavy atom. The number of nitrogens with zero attached hydrogens (tertiary/aromatic N) is 2. The van der Waals surface area contributed by atoms with Crippen molar-refractivity contribution in [3.63, 3.8) is 0 Å². The van der Waals surface area contributed by atoms with Crippen LogP contribution < -0.4 is 0 Å². The van der Waals surface area contributed by atoms with Crippen molar-refractivity contribution in [3.05, 3.63) is 169 Å². The van der Waals surface area contributed by atoms with E-state index in [2.05, 4.69) is 145 Å². The van der Waals surface area contributed by atoms with Gasteiger partial charge in [0.05, 0.1) is 28.2 Å². The summed E-state index contributed by atoms with van der Waals surface area (Å²) in [6.45, 7) is 0. The van der Waals surface area contributed by atoms with Crippen LogP contribution in [0.25, 0.3) is 78.9 Å². The molecular weight excluding hydrogens is 587 g/mol. The second kappa shape index (κ2) is 11.7. The summed E-state index contributed by atoms with van der Waals surface area (Å²) in [6, 6.07) is 52.2. The third kappa shape index (κ3) is 4.88. The Morgan fingerprint density at radius 3 is 1.48 bits per heavy atom. The first-order valence-corrected chi connectivity index (χ1v) is 16.1. The highest BCUT2D eigenvalue weighted by Gasteiger charge is 2.19. The van der Waals surface area contributed by atoms with Crippen molar-refractivity contribution in [2.45, 2.75) is 0 Å². The fourth-order valence-electron chi connectivity index (χ4n) is 6.74. The SMILES string of the molecule is C1=Cc2nc1c(-c1ccccc1)c1cc(c(-c3ccccc3)c3ccc([nH]3)c(-c3ccccc3)c3ccc(o3)c2-c2ccccc2)N=C1. The molecule has 5 heterocycles. The van der Waals surface area contributed by atoms with Gasteiger partial charge in [-0.2, -0.15) is 0 Å². The normalized spacial score (nSPS) is 12.0. The van der Waals surface area contributed by atoms with Crippen molar-refractivity contribution < 1.29 is 4.42 Å². The zero-order chi connectivity index (χ0) is 31.9. The molecule has 0 saturated heterocycles. The van der Waals surface area contributed by atoms with Gasteiger partial charge in [-0.3, -0.25) is 4.99 Å². The predicted molar refractivity (Wildman–Crippen MR) is 199 cm³/mol. The molecular formula is C44H29N3O. The molecule has 48 heavy (non-hydrogen) atoms. The molecule has 0 unspecified atom stereocenters. The van der Waals surface area contributed by atoms with Gasteiger partial charge in [0.1, 0.15) is 11.2 Å². The molecule has 1 N–H and O–H groups in total. The summed E-state index contributed by atoms with van der Waals surface area (Å²) >= 11 is 0. The third-order valence-corrected chi connectivity index (χ3v) is 8.91. The highest BCUT2D eigenvalue weighted by molar-refractivity contribution is 6.04. The van der Waals surface area contributed by atoms with Crippen LogP contribution in [-0.4, -0.2) is 16.2 Å². The van der Waals surface area contributed by atoms with Crippen LogP contribution in [-0.2, 0) is 0 Å². The molecule has 8 bridgehead atoms. The molecule has 226 valence electrons. The Kier molecular flexibility index (Phi) is 6.76. The molecule has 0 amide bonds. The fraction of sp³-hybridized carbons (Fsp3) is 0. The van der Waals surface area contributed by atoms with Crippen LogP contribution in [0.3, 0.4) is 0 Å². The molecule has 0 atom stereocenters. The molecule has 4 aromatic carbocycles. The van der Waals surface area contributed by atoms with Gasteiger partial charge in [0.25, 0.3) is 0 Å². The first-order chi connectivity index (χ1) is 23.8. The predicted octanol–water partition coefficient (Wildman–Crippen LogP) is 11.8. The zero-order valence-electron chi connectivity index (χ0n) is 26.0. The maximum Gasteiger partial charge on any atom is 0.137 e. The van der Waals surface area contributed by atoms with Gasteiger partial charge in [-0.25, -0.2) is 4.98 Å². The van der Waals surface area contributed by atoms with Crippen molar-refractivity contribution in [2.24, 2.45) is 4.99 Å². The van der Waals surface area contributed by atoms with E-state index < -0.39 is 0 Å². The van der Waals surface area contributed by atoms with E-state index in [0.717, 1.165) is 89.3 Å². The van der Waals surface area contributed by atoms with Crippen LogP contribution in [0.1, 0.15) is 17.0 Å². The summed E-state index contributed by atoms with van der Waals surface area (Å²) in [4.78, 5) is 14.1. The van der Waals surface area contributed by atoms with Crippen LogP contribution in [0, 0.1) is 0 Å². The lowest BCUT2D eigenvalue weighted by atomic mass is 9.99. The van der Waals surface area contributed by atoms with Gasteiger partial charge in [-0.1, -0.05) is 121 Å². The van der Waals surface area contributed by atoms with E-state index in [1.54, 1.807) is 0 Å². The topological polar surface area (TPSA) is 54.2 Å². The molecule has 2 aliphatic rings. The summed E-state index contributed by atoms with van der Waals surface area (Å²) in [5, 5.41) is 0. The zero-order valence-corrected chi connectivity index (χ0v) is 26.0. The Balaban J connectivity index is 1.49. The molecule has 2 aliphatic heterocycles. The van der Waals surface area contributed by atoms with E-state index in [0.29, 0.717) is 0 Å². The number of furan rings is 1. The van der Waals surface area contributed by atoms with E-state index in [1.165, 1.54) is 0 Å². The van der Waals surface area contributed by atoms with Gasteiger partial charge in [0.2, 0.25) is 0 Å². The number of fused-ring (bicyclic) bond motifs is 8. The standard InChI is InChI=1S/C44H29N3O/c1-5-13-29(14-6-1)41-33-27-38(45-28-33)42(30-15-7-2-8-16-30)35-22-24-37(47-35)44(32-19-11-4-12-20-32)40-26-25-39(48-40)43(31-17-9-3-10-18-31)36-23-21-34(41)46-36/h1-28,47H. The Labute approximate surface area is 278 Å². The summed E-state index contributed by atoms with van der Waals surface area (Å²) in [7, 11) is 0. The Bertz CT molecular complexity index is 2390. The number of aliphatic imine (C=N–C) groups is 1. The minimum Gasteiger partial charge on any atom is -0.456 e. The minimum atomic E-state index is 0.753. The van der Waals surface area contributed by atoms with Gasteiger partial charge in [-0.05, 0) is 64.7 Å². The van der Waals surface area contributed by atoms with Gasteiger partial charge < -0.3 is 9.40 Å². The lowest BCUT2D eigenvalue weighted by Gasteiger charge is -2.06. The average Bonchev–Trinajstić information content (AvgIpc) is 3.98. The van der Waals surface area contributed by atoms with Crippen LogP contribution in [0.2, 0.25) is 0 Å². The largest absolute Gasteiger partial charge is 0.456 e. The first kappa shape index (κ1) is 27.8. The molecule has 0 spiro atoms. The van der Waals surface area contributed by atoms with Gasteiger partial charge in [-0.15, -0.1) is 0 Å². The van der Waals surface area contributed by atoms with E-state index >= 15 is 0 Å². The molecule has 0 aliphatic carbocycles. The summed E-state index contributed by atoms with van der Waals surface area (Å²) in [5.74, 6) is 0. The van der Waals surface area contributed by atoms with Crippen molar-refractivity contribution in [1.82, 2.24) is 9.97 Å². The average molecular weight is 616 g/mol. The minimum absolute atomic E-state index is 0.753. The highest BCUT2D eigenvalue weighted by atomic mass is 16.3. The molecule has 0 fully saturated rings. The van der Waals surface area contributed by atoms with Crippen LogP contribution in [0.5, 0.6) is 0 Å². The molecule has 4 heteroatoms. The lowest BCUT2D eigenvalue weighted by molar-refractivity contribution is 0.668. The number of hydrogen-bond acceptors (Lipinski definition) is 3. The van der Waals surface area contributed by atoms with Crippen molar-refractivity contribution in [2.75, 3.05) is 0 Å². The number of aromatic nitrogens is 2. The Morgan fingerprint density at radius 1 is 0.438 bits per heavy atom. The van der Waals surface area contributed by atoms with E-state index in [-0.39, 0.29) is 0 Å². The van der Waals surface area contributed by atoms with Crippen molar-refractivity contribution in [1.29, 1.82) is 0 Å². The van der Waals surface area contributed by atoms with Crippen molar-refractivity contribution >= 4 is 46.3 Å². The Hall–Kier alpha value is -6.52. The second-order valence-corrected chi connectivity index (χ2v) is 11.9. The molecule has 0 saturated carbocycles. The van der Waals surface area contributed by atoms with Crippen molar-refractivity contribution in [3.8, 4) is 44.5 Å². The van der Waals surface area contributed by atoms with E-state index in [1.807, 2.05) is 30.5 Å². The second-order valence-electron chi connectivity index (χ2n) is 11.9. The smallest absolute Gasteiger partial charge is 0.137 e. The number of hydrogen-bond donors (Lipinski definition) is 1. The summed E-state index contributed by atoms with van der Waals surface area (Å²) in [5.41, 5.74) is 15.3. The first-order valence-electron chi connectivity index (χ1n) is 16.1. The highest BCUT2D eigenvalue weighted by Crippen LogP contribution is 2.40. The van der Waals surface area contributed by atoms with E-state index in [9.17, 15) is 0 Å². The van der Waals surface area contributed by atoms with Gasteiger partial charge in [0.15, 0.2) is 0 Å². The van der Waals surface area contributed by atoms with E-state index in [4.69, 9.17) is 14.4 Å². The van der Waals surface area contributed by atoms with Gasteiger partial charge >= 0.3 is 0 Å². The molecule has 7 aromatic rings. The van der Waals surface area contributed by atoms with Crippen LogP contribution >= 0.6 is 0 Å². The number of rotatable bonds is 4. The van der Waals surface area contributed by atoms with Crippen LogP contribution in [0.4, 0.5) is 5.69 Å². The van der Waals surface area contributed by atoms with Gasteiger partial charge in [0, 0.05) is 34.0 Å². The number of nitrogens with one attached hydrogen (secondary N) is 1. The number of benzene rings is 4. The maximum atomic E-state index is 6.84. The van der Waals surface area contributed by atoms with Crippen LogP contribution in [0.15, 0.2) is 161 Å².